The van der Waals surface area contributed by atoms with E-state index in [1.54, 1.807) is 19.2 Å². The Labute approximate surface area is 214 Å². The van der Waals surface area contributed by atoms with E-state index in [0.717, 1.165) is 11.1 Å². The predicted molar refractivity (Wildman–Crippen MR) is 138 cm³/mol. The van der Waals surface area contributed by atoms with E-state index in [4.69, 9.17) is 16.7 Å². The van der Waals surface area contributed by atoms with Crippen LogP contribution in [0.4, 0.5) is 0 Å². The van der Waals surface area contributed by atoms with Gasteiger partial charge in [-0.15, -0.1) is 4.40 Å². The van der Waals surface area contributed by atoms with Crippen LogP contribution in [-0.2, 0) is 27.1 Å². The molecule has 0 aliphatic carbocycles. The maximum atomic E-state index is 13.0. The summed E-state index contributed by atoms with van der Waals surface area (Å²) in [6, 6.07) is 18.1. The van der Waals surface area contributed by atoms with Gasteiger partial charge in [-0.3, -0.25) is 4.68 Å². The fourth-order valence-corrected chi connectivity index (χ4v) is 5.09. The number of hydrogen-bond donors (Lipinski definition) is 2. The van der Waals surface area contributed by atoms with Crippen LogP contribution < -0.4 is 10.5 Å². The topological polar surface area (TPSA) is 152 Å². The largest absolute Gasteiger partial charge is 0.353 e. The molecule has 0 fully saturated rings. The maximum Gasteiger partial charge on any atom is 0.304 e. The Morgan fingerprint density at radius 2 is 1.81 bits per heavy atom. The van der Waals surface area contributed by atoms with Crippen molar-refractivity contribution in [1.82, 2.24) is 20.1 Å². The van der Waals surface area contributed by atoms with Crippen molar-refractivity contribution in [1.29, 1.82) is 0 Å². The Kier molecular flexibility index (Phi) is 7.45. The summed E-state index contributed by atoms with van der Waals surface area (Å²) in [5.41, 5.74) is 2.44. The van der Waals surface area contributed by atoms with Gasteiger partial charge in [0, 0.05) is 30.7 Å². The van der Waals surface area contributed by atoms with Crippen LogP contribution in [0.3, 0.4) is 0 Å². The number of nitrogens with one attached hydrogen (secondary N) is 1. The number of benzene rings is 2. The molecule has 1 aliphatic heterocycles. The second-order valence-electron chi connectivity index (χ2n) is 8.05. The maximum absolute atomic E-state index is 13.0. The number of hydrazone groups is 1. The quantitative estimate of drug-likeness (QED) is 0.334. The zero-order valence-electron chi connectivity index (χ0n) is 19.2. The van der Waals surface area contributed by atoms with Crippen LogP contribution in [0.1, 0.15) is 17.0 Å². The molecule has 0 amide bonds. The number of primary sulfonamides is 1. The Morgan fingerprint density at radius 1 is 1.11 bits per heavy atom. The van der Waals surface area contributed by atoms with E-state index in [1.807, 2.05) is 42.5 Å². The lowest BCUT2D eigenvalue weighted by molar-refractivity contribution is 0.456. The first-order valence-corrected chi connectivity index (χ1v) is 14.3. The summed E-state index contributed by atoms with van der Waals surface area (Å²) < 4.78 is 54.1. The van der Waals surface area contributed by atoms with Crippen molar-refractivity contribution in [3.8, 4) is 0 Å². The van der Waals surface area contributed by atoms with Crippen molar-refractivity contribution < 1.29 is 16.8 Å². The number of hydrogen-bond acceptors (Lipinski definition) is 6. The molecule has 0 saturated heterocycles. The van der Waals surface area contributed by atoms with Crippen molar-refractivity contribution in [2.45, 2.75) is 10.9 Å². The van der Waals surface area contributed by atoms with Gasteiger partial charge in [0.1, 0.15) is 0 Å². The normalized spacial score (nSPS) is 16.8. The van der Waals surface area contributed by atoms with Crippen molar-refractivity contribution in [2.24, 2.45) is 21.7 Å². The van der Waals surface area contributed by atoms with E-state index >= 15 is 0 Å². The molecule has 1 atom stereocenters. The lowest BCUT2D eigenvalue weighted by Crippen LogP contribution is -2.41. The summed E-state index contributed by atoms with van der Waals surface area (Å²) >= 11 is 6.06. The standard InChI is InChI=1S/C22H24ClN7O4S2/c1-29-13-11-20(26-29)36(33,34)28-22(25-12-14-35(24,31)32)30-15-19(16-5-3-2-4-6-16)21(27-30)17-7-9-18(23)10-8-17/h2-11,13,19H,12,14-15H2,1H3,(H,25,28)(H2,24,31,32). The zero-order chi connectivity index (χ0) is 25.9. The highest BCUT2D eigenvalue weighted by Crippen LogP contribution is 2.29. The monoisotopic (exact) mass is 549 g/mol. The van der Waals surface area contributed by atoms with Crippen LogP contribution in [-0.4, -0.2) is 62.1 Å². The Hall–Kier alpha value is -3.26. The molecular weight excluding hydrogens is 526 g/mol. The molecule has 190 valence electrons. The number of nitrogens with two attached hydrogens (primary N) is 1. The van der Waals surface area contributed by atoms with E-state index < -0.39 is 25.8 Å². The molecule has 36 heavy (non-hydrogen) atoms. The van der Waals surface area contributed by atoms with E-state index in [9.17, 15) is 16.8 Å². The number of aromatic nitrogens is 2. The first-order chi connectivity index (χ1) is 17.0. The highest BCUT2D eigenvalue weighted by molar-refractivity contribution is 7.90. The minimum atomic E-state index is -4.23. The van der Waals surface area contributed by atoms with Gasteiger partial charge in [-0.1, -0.05) is 54.1 Å². The minimum absolute atomic E-state index is 0.144. The SMILES string of the molecule is Cn1ccc(S(=O)(=O)N=C(NCCS(N)(=O)=O)N2CC(c3ccccc3)C(c3ccc(Cl)cc3)=N2)n1. The first kappa shape index (κ1) is 25.8. The van der Waals surface area contributed by atoms with Gasteiger partial charge in [-0.2, -0.15) is 18.6 Å². The molecule has 0 saturated carbocycles. The molecule has 0 radical (unpaired) electrons. The Bertz CT molecular complexity index is 1500. The molecule has 2 heterocycles. The zero-order valence-corrected chi connectivity index (χ0v) is 21.6. The summed E-state index contributed by atoms with van der Waals surface area (Å²) in [6.45, 7) is 0.0780. The summed E-state index contributed by atoms with van der Waals surface area (Å²) in [7, 11) is -6.44. The number of nitrogens with zero attached hydrogens (tertiary/aromatic N) is 5. The molecule has 0 bridgehead atoms. The smallest absolute Gasteiger partial charge is 0.304 e. The second-order valence-corrected chi connectivity index (χ2v) is 11.8. The van der Waals surface area contributed by atoms with E-state index in [1.165, 1.54) is 22.0 Å². The molecule has 14 heteroatoms. The third-order valence-electron chi connectivity index (χ3n) is 5.33. The van der Waals surface area contributed by atoms with Crippen LogP contribution in [0.2, 0.25) is 5.02 Å². The lowest BCUT2D eigenvalue weighted by Gasteiger charge is -2.19. The third kappa shape index (κ3) is 6.29. The van der Waals surface area contributed by atoms with Crippen LogP contribution in [0, 0.1) is 0 Å². The Balaban J connectivity index is 1.75. The molecule has 3 N–H and O–H groups in total. The van der Waals surface area contributed by atoms with Crippen LogP contribution in [0.25, 0.3) is 0 Å². The summed E-state index contributed by atoms with van der Waals surface area (Å²) in [5, 5.41) is 18.2. The molecule has 0 spiro atoms. The van der Waals surface area contributed by atoms with Gasteiger partial charge in [0.15, 0.2) is 5.03 Å². The molecule has 2 aromatic carbocycles. The first-order valence-electron chi connectivity index (χ1n) is 10.8. The predicted octanol–water partition coefficient (Wildman–Crippen LogP) is 1.50. The number of guanidine groups is 1. The molecule has 11 nitrogen and oxygen atoms in total. The minimum Gasteiger partial charge on any atom is -0.353 e. The van der Waals surface area contributed by atoms with Crippen molar-refractivity contribution in [3.05, 3.63) is 83.0 Å². The van der Waals surface area contributed by atoms with Crippen molar-refractivity contribution >= 4 is 43.3 Å². The van der Waals surface area contributed by atoms with Crippen molar-refractivity contribution in [3.63, 3.8) is 0 Å². The lowest BCUT2D eigenvalue weighted by atomic mass is 9.91. The van der Waals surface area contributed by atoms with Crippen LogP contribution in [0.5, 0.6) is 0 Å². The average Bonchev–Trinajstić information content (AvgIpc) is 3.46. The molecule has 3 aromatic rings. The van der Waals surface area contributed by atoms with Gasteiger partial charge in [0.25, 0.3) is 0 Å². The van der Waals surface area contributed by atoms with Gasteiger partial charge in [-0.05, 0) is 29.3 Å². The van der Waals surface area contributed by atoms with Gasteiger partial charge in [-0.25, -0.2) is 18.6 Å². The highest BCUT2D eigenvalue weighted by atomic mass is 35.5. The van der Waals surface area contributed by atoms with Gasteiger partial charge in [0.05, 0.1) is 18.0 Å². The number of aryl methyl sites for hydroxylation is 1. The number of sulfonamides is 2. The molecule has 1 aromatic heterocycles. The molecule has 1 aliphatic rings. The van der Waals surface area contributed by atoms with E-state index in [0.29, 0.717) is 10.7 Å². The average molecular weight is 550 g/mol. The van der Waals surface area contributed by atoms with E-state index in [2.05, 4.69) is 19.9 Å². The van der Waals surface area contributed by atoms with Crippen LogP contribution in [0.15, 0.2) is 81.4 Å². The van der Waals surface area contributed by atoms with Gasteiger partial charge < -0.3 is 5.32 Å². The summed E-state index contributed by atoms with van der Waals surface area (Å²) in [6.07, 6.45) is 1.48. The molecule has 1 unspecified atom stereocenters. The van der Waals surface area contributed by atoms with Crippen molar-refractivity contribution in [2.75, 3.05) is 18.8 Å². The number of rotatable bonds is 7. The summed E-state index contributed by atoms with van der Waals surface area (Å²) in [5.74, 6) is -0.802. The third-order valence-corrected chi connectivity index (χ3v) is 7.51. The second kappa shape index (κ2) is 10.4. The fourth-order valence-electron chi connectivity index (χ4n) is 3.63. The number of halogens is 1. The van der Waals surface area contributed by atoms with E-state index in [-0.39, 0.29) is 30.0 Å². The fraction of sp³-hybridized carbons (Fsp3) is 0.227. The molecular formula is C22H24ClN7O4S2. The van der Waals surface area contributed by atoms with Crippen LogP contribution >= 0.6 is 11.6 Å². The highest BCUT2D eigenvalue weighted by Gasteiger charge is 2.33. The van der Waals surface area contributed by atoms with Gasteiger partial charge >= 0.3 is 10.0 Å². The summed E-state index contributed by atoms with van der Waals surface area (Å²) in [4.78, 5) is 0. The Morgan fingerprint density at radius 3 is 2.42 bits per heavy atom. The van der Waals surface area contributed by atoms with Gasteiger partial charge in [0.2, 0.25) is 16.0 Å². The molecule has 4 rings (SSSR count).